The highest BCUT2D eigenvalue weighted by atomic mass is 33.1. The van der Waals surface area contributed by atoms with Gasteiger partial charge in [0.25, 0.3) is 11.8 Å². The summed E-state index contributed by atoms with van der Waals surface area (Å²) in [6, 6.07) is 13.0. The molecule has 0 bridgehead atoms. The van der Waals surface area contributed by atoms with Crippen LogP contribution in [0.3, 0.4) is 0 Å². The number of nitrogens with zero attached hydrogens (tertiary/aromatic N) is 2. The number of hydrogen-bond acceptors (Lipinski definition) is 8. The lowest BCUT2D eigenvalue weighted by molar-refractivity contribution is -0.161. The molecule has 0 spiro atoms. The van der Waals surface area contributed by atoms with Crippen LogP contribution in [0.15, 0.2) is 58.3 Å². The fourth-order valence-corrected chi connectivity index (χ4v) is 6.99. The Balaban J connectivity index is 2.35. The zero-order valence-corrected chi connectivity index (χ0v) is 31.1. The zero-order chi connectivity index (χ0) is 35.0. The van der Waals surface area contributed by atoms with Gasteiger partial charge in [-0.3, -0.25) is 9.59 Å². The summed E-state index contributed by atoms with van der Waals surface area (Å²) in [6.07, 6.45) is 0.927. The molecule has 0 fully saturated rings. The van der Waals surface area contributed by atoms with E-state index >= 15 is 0 Å². The fourth-order valence-electron chi connectivity index (χ4n) is 4.64. The van der Waals surface area contributed by atoms with Crippen molar-refractivity contribution in [2.24, 2.45) is 11.8 Å². The molecule has 0 saturated heterocycles. The van der Waals surface area contributed by atoms with E-state index in [1.807, 2.05) is 93.5 Å². The molecule has 0 aliphatic carbocycles. The average molecular weight is 673 g/mol. The predicted octanol–water partition coefficient (Wildman–Crippen LogP) is 8.14. The van der Waals surface area contributed by atoms with Crippen molar-refractivity contribution in [2.75, 3.05) is 14.1 Å². The third-order valence-corrected chi connectivity index (χ3v) is 9.26. The maximum atomic E-state index is 13.9. The van der Waals surface area contributed by atoms with Gasteiger partial charge in [-0.05, 0) is 90.5 Å². The molecule has 0 N–H and O–H groups in total. The van der Waals surface area contributed by atoms with Crippen molar-refractivity contribution >= 4 is 45.3 Å². The Hall–Kier alpha value is -2.98. The summed E-state index contributed by atoms with van der Waals surface area (Å²) in [7, 11) is 5.98. The summed E-state index contributed by atoms with van der Waals surface area (Å²) in [6.45, 7) is 18.9. The van der Waals surface area contributed by atoms with Gasteiger partial charge < -0.3 is 19.3 Å². The third kappa shape index (κ3) is 12.0. The largest absolute Gasteiger partial charge is 0.458 e. The lowest BCUT2D eigenvalue weighted by Crippen LogP contribution is -2.46. The van der Waals surface area contributed by atoms with Gasteiger partial charge in [0.2, 0.25) is 0 Å². The Kier molecular flexibility index (Phi) is 14.3. The molecular weight excluding hydrogens is 621 g/mol. The number of esters is 2. The SMILES string of the molecule is CC(C)CC(C(=O)OC(C)(C)C)N(C)C(=O)c1ccccc1SSc1ccccc1C(=O)N(C)C(CC(C)C)C(=O)OC(C)(C)C. The smallest absolute Gasteiger partial charge is 0.329 e. The van der Waals surface area contributed by atoms with Gasteiger partial charge >= 0.3 is 11.9 Å². The second kappa shape index (κ2) is 16.7. The monoisotopic (exact) mass is 672 g/mol. The minimum atomic E-state index is -0.741. The van der Waals surface area contributed by atoms with E-state index in [0.717, 1.165) is 0 Å². The highest BCUT2D eigenvalue weighted by Gasteiger charge is 2.34. The molecule has 2 rings (SSSR count). The summed E-state index contributed by atoms with van der Waals surface area (Å²) in [4.78, 5) is 58.3. The molecular formula is C36H52N2O6S2. The van der Waals surface area contributed by atoms with E-state index in [1.54, 1.807) is 38.4 Å². The molecule has 10 heteroatoms. The average Bonchev–Trinajstić information content (AvgIpc) is 2.94. The maximum Gasteiger partial charge on any atom is 0.329 e. The van der Waals surface area contributed by atoms with Crippen molar-refractivity contribution in [1.29, 1.82) is 0 Å². The molecule has 2 unspecified atom stereocenters. The van der Waals surface area contributed by atoms with Gasteiger partial charge in [0.05, 0.1) is 11.1 Å². The van der Waals surface area contributed by atoms with Gasteiger partial charge in [0.1, 0.15) is 23.3 Å². The first-order valence-electron chi connectivity index (χ1n) is 15.7. The normalized spacial score (nSPS) is 13.3. The summed E-state index contributed by atoms with van der Waals surface area (Å²) < 4.78 is 11.3. The molecule has 2 atom stereocenters. The van der Waals surface area contributed by atoms with Crippen molar-refractivity contribution in [2.45, 2.75) is 115 Å². The first-order chi connectivity index (χ1) is 21.2. The van der Waals surface area contributed by atoms with Crippen LogP contribution in [0.4, 0.5) is 0 Å². The molecule has 0 aliphatic rings. The van der Waals surface area contributed by atoms with Crippen LogP contribution in [-0.4, -0.2) is 70.9 Å². The van der Waals surface area contributed by atoms with Crippen LogP contribution in [0.25, 0.3) is 0 Å². The Morgan fingerprint density at radius 1 is 0.609 bits per heavy atom. The zero-order valence-electron chi connectivity index (χ0n) is 29.5. The van der Waals surface area contributed by atoms with E-state index in [2.05, 4.69) is 0 Å². The summed E-state index contributed by atoms with van der Waals surface area (Å²) >= 11 is 0. The van der Waals surface area contributed by atoms with Gasteiger partial charge in [-0.2, -0.15) is 0 Å². The summed E-state index contributed by atoms with van der Waals surface area (Å²) in [5.41, 5.74) is -0.465. The molecule has 0 heterocycles. The standard InChI is InChI=1S/C36H52N2O6S2/c1-23(2)21-27(33(41)43-35(5,6)7)37(11)31(39)25-17-13-15-19-29(25)45-46-30-20-16-14-18-26(30)32(40)38(12)28(22-24(3)4)34(42)44-36(8,9)10/h13-20,23-24,27-28H,21-22H2,1-12H3. The Morgan fingerprint density at radius 2 is 0.913 bits per heavy atom. The highest BCUT2D eigenvalue weighted by molar-refractivity contribution is 8.76. The Labute approximate surface area is 283 Å². The van der Waals surface area contributed by atoms with Crippen molar-refractivity contribution in [3.8, 4) is 0 Å². The van der Waals surface area contributed by atoms with E-state index in [1.165, 1.54) is 31.4 Å². The summed E-state index contributed by atoms with van der Waals surface area (Å²) in [5, 5.41) is 0. The molecule has 0 radical (unpaired) electrons. The van der Waals surface area contributed by atoms with E-state index in [9.17, 15) is 19.2 Å². The third-order valence-electron chi connectivity index (χ3n) is 6.78. The van der Waals surface area contributed by atoms with Gasteiger partial charge in [0, 0.05) is 23.9 Å². The van der Waals surface area contributed by atoms with Crippen LogP contribution >= 0.6 is 21.6 Å². The van der Waals surface area contributed by atoms with Crippen molar-refractivity contribution in [1.82, 2.24) is 9.80 Å². The highest BCUT2D eigenvalue weighted by Crippen LogP contribution is 2.41. The Bertz CT molecular complexity index is 1260. The fraction of sp³-hybridized carbons (Fsp3) is 0.556. The molecule has 46 heavy (non-hydrogen) atoms. The van der Waals surface area contributed by atoms with Crippen LogP contribution in [0.2, 0.25) is 0 Å². The molecule has 2 aromatic carbocycles. The first kappa shape index (κ1) is 39.2. The van der Waals surface area contributed by atoms with Gasteiger partial charge in [0.15, 0.2) is 0 Å². The minimum absolute atomic E-state index is 0.163. The van der Waals surface area contributed by atoms with Crippen LogP contribution in [-0.2, 0) is 19.1 Å². The van der Waals surface area contributed by atoms with Gasteiger partial charge in [-0.1, -0.05) is 73.5 Å². The number of carbonyl (C=O) groups excluding carboxylic acids is 4. The van der Waals surface area contributed by atoms with E-state index in [4.69, 9.17) is 9.47 Å². The number of hydrogen-bond donors (Lipinski definition) is 0. The molecule has 2 amide bonds. The molecule has 0 aliphatic heterocycles. The topological polar surface area (TPSA) is 93.2 Å². The van der Waals surface area contributed by atoms with Crippen LogP contribution in [0.1, 0.15) is 103 Å². The second-order valence-electron chi connectivity index (χ2n) is 14.3. The number of rotatable bonds is 13. The number of likely N-dealkylation sites (N-methyl/N-ethyl adjacent to an activating group) is 2. The maximum absolute atomic E-state index is 13.9. The molecule has 0 saturated carbocycles. The number of amides is 2. The molecule has 2 aromatic rings. The Morgan fingerprint density at radius 3 is 1.20 bits per heavy atom. The molecule has 0 aromatic heterocycles. The lowest BCUT2D eigenvalue weighted by Gasteiger charge is -2.31. The minimum Gasteiger partial charge on any atom is -0.458 e. The quantitative estimate of drug-likeness (QED) is 0.156. The van der Waals surface area contributed by atoms with Crippen molar-refractivity contribution < 1.29 is 28.7 Å². The summed E-state index contributed by atoms with van der Waals surface area (Å²) in [5.74, 6) is -1.13. The number of benzene rings is 2. The lowest BCUT2D eigenvalue weighted by atomic mass is 10.0. The van der Waals surface area contributed by atoms with E-state index in [0.29, 0.717) is 33.8 Å². The molecule has 8 nitrogen and oxygen atoms in total. The number of ether oxygens (including phenoxy) is 2. The van der Waals surface area contributed by atoms with Gasteiger partial charge in [-0.25, -0.2) is 9.59 Å². The predicted molar refractivity (Wildman–Crippen MR) is 187 cm³/mol. The van der Waals surface area contributed by atoms with E-state index in [-0.39, 0.29) is 23.7 Å². The second-order valence-corrected chi connectivity index (χ2v) is 16.6. The van der Waals surface area contributed by atoms with Crippen molar-refractivity contribution in [3.63, 3.8) is 0 Å². The molecule has 254 valence electrons. The van der Waals surface area contributed by atoms with Crippen molar-refractivity contribution in [3.05, 3.63) is 59.7 Å². The van der Waals surface area contributed by atoms with Crippen LogP contribution in [0.5, 0.6) is 0 Å². The van der Waals surface area contributed by atoms with Crippen LogP contribution in [0, 0.1) is 11.8 Å². The van der Waals surface area contributed by atoms with Crippen LogP contribution < -0.4 is 0 Å². The van der Waals surface area contributed by atoms with E-state index < -0.39 is 35.2 Å². The first-order valence-corrected chi connectivity index (χ1v) is 17.9. The number of carbonyl (C=O) groups is 4. The van der Waals surface area contributed by atoms with Gasteiger partial charge in [-0.15, -0.1) is 0 Å².